The number of carbonyl (C=O) groups is 1. The molecule has 3 nitrogen and oxygen atoms in total. The van der Waals surface area contributed by atoms with Crippen LogP contribution in [0, 0.1) is 9.39 Å². The van der Waals surface area contributed by atoms with Crippen LogP contribution in [0.3, 0.4) is 0 Å². The molecule has 3 rings (SSSR count). The summed E-state index contributed by atoms with van der Waals surface area (Å²) in [6.07, 6.45) is 0.410. The molecule has 1 aliphatic rings. The number of benzene rings is 2. The molecular formula is C16H14FIN2O. The van der Waals surface area contributed by atoms with E-state index in [2.05, 4.69) is 22.6 Å². The fraction of sp³-hybridized carbons (Fsp3) is 0.188. The Morgan fingerprint density at radius 1 is 1.29 bits per heavy atom. The van der Waals surface area contributed by atoms with Gasteiger partial charge < -0.3 is 10.6 Å². The van der Waals surface area contributed by atoms with E-state index in [1.807, 2.05) is 18.2 Å². The summed E-state index contributed by atoms with van der Waals surface area (Å²) in [6, 6.07) is 10.1. The Kier molecular flexibility index (Phi) is 3.71. The van der Waals surface area contributed by atoms with E-state index in [1.165, 1.54) is 12.1 Å². The molecule has 2 aromatic rings. The molecule has 1 heterocycles. The van der Waals surface area contributed by atoms with Crippen molar-refractivity contribution in [3.05, 3.63) is 62.5 Å². The van der Waals surface area contributed by atoms with Crippen LogP contribution in [0.1, 0.15) is 22.7 Å². The van der Waals surface area contributed by atoms with Crippen molar-refractivity contribution < 1.29 is 9.18 Å². The molecule has 5 heteroatoms. The molecule has 0 aromatic heterocycles. The van der Waals surface area contributed by atoms with Crippen LogP contribution in [0.5, 0.6) is 0 Å². The largest absolute Gasteiger partial charge is 0.320 e. The smallest absolute Gasteiger partial charge is 0.231 e. The standard InChI is InChI=1S/C16H14FIN2O/c1-20-14-5-2-9(6-10(14)7-15(20)21)16(19)12-4-3-11(17)8-13(12)18/h2-6,8,16H,7,19H2,1H3. The van der Waals surface area contributed by atoms with Crippen LogP contribution in [-0.4, -0.2) is 13.0 Å². The normalized spacial score (nSPS) is 15.2. The molecule has 0 bridgehead atoms. The van der Waals surface area contributed by atoms with Crippen molar-refractivity contribution in [1.29, 1.82) is 0 Å². The number of hydrogen-bond donors (Lipinski definition) is 1. The summed E-state index contributed by atoms with van der Waals surface area (Å²) in [5, 5.41) is 0. The van der Waals surface area contributed by atoms with Crippen LogP contribution < -0.4 is 10.6 Å². The van der Waals surface area contributed by atoms with E-state index < -0.39 is 0 Å². The highest BCUT2D eigenvalue weighted by atomic mass is 127. The topological polar surface area (TPSA) is 46.3 Å². The number of likely N-dealkylation sites (N-methyl/N-ethyl adjacent to an activating group) is 1. The van der Waals surface area contributed by atoms with Crippen molar-refractivity contribution in [3.8, 4) is 0 Å². The molecule has 21 heavy (non-hydrogen) atoms. The van der Waals surface area contributed by atoms with Gasteiger partial charge in [-0.25, -0.2) is 4.39 Å². The lowest BCUT2D eigenvalue weighted by Gasteiger charge is -2.16. The van der Waals surface area contributed by atoms with Gasteiger partial charge in [-0.2, -0.15) is 0 Å². The maximum absolute atomic E-state index is 13.2. The first-order chi connectivity index (χ1) is 9.97. The summed E-state index contributed by atoms with van der Waals surface area (Å²) in [5.41, 5.74) is 10.0. The average molecular weight is 396 g/mol. The van der Waals surface area contributed by atoms with Gasteiger partial charge in [-0.3, -0.25) is 4.79 Å². The zero-order valence-electron chi connectivity index (χ0n) is 11.4. The van der Waals surface area contributed by atoms with Crippen LogP contribution in [0.15, 0.2) is 36.4 Å². The van der Waals surface area contributed by atoms with Gasteiger partial charge in [0.15, 0.2) is 0 Å². The minimum atomic E-state index is -0.330. The number of rotatable bonds is 2. The highest BCUT2D eigenvalue weighted by molar-refractivity contribution is 14.1. The molecular weight excluding hydrogens is 382 g/mol. The van der Waals surface area contributed by atoms with Crippen LogP contribution in [0.2, 0.25) is 0 Å². The van der Waals surface area contributed by atoms with E-state index >= 15 is 0 Å². The summed E-state index contributed by atoms with van der Waals surface area (Å²) in [6.45, 7) is 0. The summed E-state index contributed by atoms with van der Waals surface area (Å²) in [5.74, 6) is -0.177. The molecule has 2 N–H and O–H groups in total. The number of amides is 1. The molecule has 0 aliphatic carbocycles. The van der Waals surface area contributed by atoms with E-state index in [1.54, 1.807) is 18.0 Å². The number of hydrogen-bond acceptors (Lipinski definition) is 2. The molecule has 0 radical (unpaired) electrons. The maximum Gasteiger partial charge on any atom is 0.231 e. The number of nitrogens with two attached hydrogens (primary N) is 1. The third kappa shape index (κ3) is 2.55. The molecule has 0 fully saturated rings. The van der Waals surface area contributed by atoms with Crippen molar-refractivity contribution in [2.24, 2.45) is 5.73 Å². The maximum atomic E-state index is 13.2. The summed E-state index contributed by atoms with van der Waals surface area (Å²) in [7, 11) is 1.77. The molecule has 108 valence electrons. The van der Waals surface area contributed by atoms with Crippen LogP contribution >= 0.6 is 22.6 Å². The lowest BCUT2D eigenvalue weighted by atomic mass is 9.97. The van der Waals surface area contributed by atoms with Gasteiger partial charge in [-0.05, 0) is 57.5 Å². The quantitative estimate of drug-likeness (QED) is 0.794. The van der Waals surface area contributed by atoms with E-state index in [0.29, 0.717) is 6.42 Å². The van der Waals surface area contributed by atoms with Gasteiger partial charge in [0.2, 0.25) is 5.91 Å². The van der Waals surface area contributed by atoms with Crippen molar-refractivity contribution in [2.75, 3.05) is 11.9 Å². The third-order valence-corrected chi connectivity index (χ3v) is 4.77. The molecule has 1 atom stereocenters. The SMILES string of the molecule is CN1C(=O)Cc2cc(C(N)c3ccc(F)cc3I)ccc21. The summed E-state index contributed by atoms with van der Waals surface area (Å²) in [4.78, 5) is 13.4. The van der Waals surface area contributed by atoms with Crippen LogP contribution in [0.4, 0.5) is 10.1 Å². The Morgan fingerprint density at radius 2 is 2.05 bits per heavy atom. The minimum Gasteiger partial charge on any atom is -0.320 e. The van der Waals surface area contributed by atoms with Gasteiger partial charge >= 0.3 is 0 Å². The van der Waals surface area contributed by atoms with Crippen LogP contribution in [-0.2, 0) is 11.2 Å². The highest BCUT2D eigenvalue weighted by Gasteiger charge is 2.25. The number of fused-ring (bicyclic) bond motifs is 1. The summed E-state index contributed by atoms with van der Waals surface area (Å²) >= 11 is 2.09. The number of nitrogens with zero attached hydrogens (tertiary/aromatic N) is 1. The second kappa shape index (κ2) is 5.38. The van der Waals surface area contributed by atoms with Gasteiger partial charge in [0.1, 0.15) is 5.82 Å². The Morgan fingerprint density at radius 3 is 2.76 bits per heavy atom. The molecule has 1 unspecified atom stereocenters. The van der Waals surface area contributed by atoms with Gasteiger partial charge in [0.05, 0.1) is 12.5 Å². The lowest BCUT2D eigenvalue weighted by molar-refractivity contribution is -0.117. The minimum absolute atomic E-state index is 0.0899. The highest BCUT2D eigenvalue weighted by Crippen LogP contribution is 2.32. The fourth-order valence-corrected chi connectivity index (χ4v) is 3.43. The predicted molar refractivity (Wildman–Crippen MR) is 88.7 cm³/mol. The lowest BCUT2D eigenvalue weighted by Crippen LogP contribution is -2.20. The molecule has 1 aliphatic heterocycles. The van der Waals surface area contributed by atoms with Crippen molar-refractivity contribution in [2.45, 2.75) is 12.5 Å². The van der Waals surface area contributed by atoms with E-state index in [-0.39, 0.29) is 17.8 Å². The first-order valence-electron chi connectivity index (χ1n) is 6.57. The monoisotopic (exact) mass is 396 g/mol. The molecule has 0 saturated heterocycles. The molecule has 0 saturated carbocycles. The van der Waals surface area contributed by atoms with Gasteiger partial charge in [0.25, 0.3) is 0 Å². The Hall–Kier alpha value is -1.47. The Balaban J connectivity index is 1.98. The predicted octanol–water partition coefficient (Wildman–Crippen LogP) is 3.00. The van der Waals surface area contributed by atoms with Crippen molar-refractivity contribution >= 4 is 34.2 Å². The second-order valence-electron chi connectivity index (χ2n) is 5.16. The van der Waals surface area contributed by atoms with Gasteiger partial charge in [-0.15, -0.1) is 0 Å². The van der Waals surface area contributed by atoms with E-state index in [4.69, 9.17) is 5.73 Å². The first kappa shape index (κ1) is 14.5. The average Bonchev–Trinajstić information content (AvgIpc) is 2.73. The molecule has 1 amide bonds. The number of anilines is 1. The van der Waals surface area contributed by atoms with Gasteiger partial charge in [0, 0.05) is 16.3 Å². The third-order valence-electron chi connectivity index (χ3n) is 3.84. The summed E-state index contributed by atoms with van der Waals surface area (Å²) < 4.78 is 14.0. The Labute approximate surface area is 136 Å². The second-order valence-corrected chi connectivity index (χ2v) is 6.32. The van der Waals surface area contributed by atoms with E-state index in [9.17, 15) is 9.18 Å². The molecule has 2 aromatic carbocycles. The zero-order chi connectivity index (χ0) is 15.1. The molecule has 0 spiro atoms. The Bertz CT molecular complexity index is 732. The van der Waals surface area contributed by atoms with E-state index in [0.717, 1.165) is 25.9 Å². The van der Waals surface area contributed by atoms with Crippen molar-refractivity contribution in [1.82, 2.24) is 0 Å². The number of halogens is 2. The fourth-order valence-electron chi connectivity index (χ4n) is 2.62. The number of carbonyl (C=O) groups excluding carboxylic acids is 1. The van der Waals surface area contributed by atoms with Crippen LogP contribution in [0.25, 0.3) is 0 Å². The first-order valence-corrected chi connectivity index (χ1v) is 7.65. The van der Waals surface area contributed by atoms with Gasteiger partial charge in [-0.1, -0.05) is 18.2 Å². The van der Waals surface area contributed by atoms with Crippen molar-refractivity contribution in [3.63, 3.8) is 0 Å². The zero-order valence-corrected chi connectivity index (χ0v) is 13.6.